The van der Waals surface area contributed by atoms with Crippen molar-refractivity contribution in [3.63, 3.8) is 0 Å². The summed E-state index contributed by atoms with van der Waals surface area (Å²) in [7, 11) is 3.18. The van der Waals surface area contributed by atoms with Crippen LogP contribution in [0, 0.1) is 0 Å². The van der Waals surface area contributed by atoms with Gasteiger partial charge in [0, 0.05) is 33.6 Å². The average molecular weight is 424 g/mol. The molecule has 0 bridgehead atoms. The third kappa shape index (κ3) is 4.68. The molecule has 0 spiro atoms. The van der Waals surface area contributed by atoms with Crippen LogP contribution in [0.5, 0.6) is 0 Å². The molecule has 0 radical (unpaired) electrons. The van der Waals surface area contributed by atoms with E-state index < -0.39 is 11.8 Å². The zero-order chi connectivity index (χ0) is 22.4. The van der Waals surface area contributed by atoms with E-state index in [0.717, 1.165) is 23.4 Å². The van der Waals surface area contributed by atoms with Gasteiger partial charge in [0.15, 0.2) is 0 Å². The van der Waals surface area contributed by atoms with E-state index in [-0.39, 0.29) is 5.56 Å². The van der Waals surface area contributed by atoms with E-state index in [4.69, 9.17) is 14.5 Å². The fourth-order valence-corrected chi connectivity index (χ4v) is 3.76. The van der Waals surface area contributed by atoms with Crippen LogP contribution >= 0.6 is 0 Å². The SMILES string of the molecule is CCCC(OC)(OC)c1nc(Cc2ccc(-c3ccccc3)c(C(=O)O)c2)n(CC)n1. The van der Waals surface area contributed by atoms with Crippen LogP contribution in [0.2, 0.25) is 0 Å². The van der Waals surface area contributed by atoms with Crippen molar-refractivity contribution in [3.8, 4) is 11.1 Å². The van der Waals surface area contributed by atoms with E-state index in [0.29, 0.717) is 30.8 Å². The number of methoxy groups -OCH3 is 2. The summed E-state index contributed by atoms with van der Waals surface area (Å²) in [4.78, 5) is 16.7. The molecule has 164 valence electrons. The number of carboxylic acid groups (broad SMARTS) is 1. The number of aromatic carboxylic acids is 1. The van der Waals surface area contributed by atoms with Gasteiger partial charge in [-0.1, -0.05) is 55.8 Å². The number of benzene rings is 2. The molecule has 0 unspecified atom stereocenters. The van der Waals surface area contributed by atoms with Crippen LogP contribution in [0.15, 0.2) is 48.5 Å². The Kier molecular flexibility index (Phi) is 7.20. The topological polar surface area (TPSA) is 86.5 Å². The Labute approximate surface area is 182 Å². The van der Waals surface area contributed by atoms with Gasteiger partial charge in [0.25, 0.3) is 0 Å². The molecule has 0 saturated heterocycles. The second-order valence-corrected chi connectivity index (χ2v) is 7.31. The van der Waals surface area contributed by atoms with Crippen molar-refractivity contribution in [2.24, 2.45) is 0 Å². The summed E-state index contributed by atoms with van der Waals surface area (Å²) in [5.41, 5.74) is 2.67. The number of nitrogens with zero attached hydrogens (tertiary/aromatic N) is 3. The predicted octanol–water partition coefficient (Wildman–Crippen LogP) is 4.50. The van der Waals surface area contributed by atoms with E-state index in [1.165, 1.54) is 0 Å². The largest absolute Gasteiger partial charge is 0.478 e. The van der Waals surface area contributed by atoms with Crippen molar-refractivity contribution in [1.82, 2.24) is 14.8 Å². The van der Waals surface area contributed by atoms with Crippen LogP contribution in [0.25, 0.3) is 11.1 Å². The first-order valence-corrected chi connectivity index (χ1v) is 10.4. The number of hydrogen-bond acceptors (Lipinski definition) is 5. The van der Waals surface area contributed by atoms with E-state index >= 15 is 0 Å². The Morgan fingerprint density at radius 2 is 1.81 bits per heavy atom. The highest BCUT2D eigenvalue weighted by Crippen LogP contribution is 2.30. The highest BCUT2D eigenvalue weighted by atomic mass is 16.7. The minimum Gasteiger partial charge on any atom is -0.478 e. The van der Waals surface area contributed by atoms with E-state index in [2.05, 4.69) is 5.10 Å². The van der Waals surface area contributed by atoms with Gasteiger partial charge >= 0.3 is 5.97 Å². The molecule has 7 heteroatoms. The quantitative estimate of drug-likeness (QED) is 0.483. The third-order valence-electron chi connectivity index (χ3n) is 5.39. The lowest BCUT2D eigenvalue weighted by Gasteiger charge is -2.27. The Bertz CT molecular complexity index is 1030. The molecule has 3 rings (SSSR count). The summed E-state index contributed by atoms with van der Waals surface area (Å²) in [6, 6.07) is 15.0. The van der Waals surface area contributed by atoms with Gasteiger partial charge in [-0.15, -0.1) is 0 Å². The van der Waals surface area contributed by atoms with Crippen LogP contribution in [-0.4, -0.2) is 40.1 Å². The number of aryl methyl sites for hydroxylation is 1. The van der Waals surface area contributed by atoms with Crippen molar-refractivity contribution in [2.45, 2.75) is 45.4 Å². The van der Waals surface area contributed by atoms with Gasteiger partial charge < -0.3 is 14.6 Å². The molecule has 0 aliphatic heterocycles. The molecule has 1 heterocycles. The zero-order valence-corrected chi connectivity index (χ0v) is 18.5. The third-order valence-corrected chi connectivity index (χ3v) is 5.39. The smallest absolute Gasteiger partial charge is 0.336 e. The second-order valence-electron chi connectivity index (χ2n) is 7.31. The first kappa shape index (κ1) is 22.7. The predicted molar refractivity (Wildman–Crippen MR) is 118 cm³/mol. The van der Waals surface area contributed by atoms with E-state index in [1.54, 1.807) is 20.3 Å². The fourth-order valence-electron chi connectivity index (χ4n) is 3.76. The molecule has 0 aliphatic carbocycles. The number of ether oxygens (including phenoxy) is 2. The highest BCUT2D eigenvalue weighted by Gasteiger charge is 2.36. The average Bonchev–Trinajstić information content (AvgIpc) is 3.21. The second kappa shape index (κ2) is 9.85. The van der Waals surface area contributed by atoms with Gasteiger partial charge in [-0.25, -0.2) is 14.5 Å². The molecular formula is C24H29N3O4. The number of aromatic nitrogens is 3. The van der Waals surface area contributed by atoms with Crippen LogP contribution in [-0.2, 0) is 28.2 Å². The molecule has 3 aromatic rings. The Hall–Kier alpha value is -3.03. The Balaban J connectivity index is 1.98. The maximum atomic E-state index is 11.9. The first-order chi connectivity index (χ1) is 15.0. The molecule has 2 aromatic carbocycles. The standard InChI is InChI=1S/C24H29N3O4/c1-5-14-24(30-3,31-4)23-25-21(27(6-2)26-23)16-17-12-13-19(20(15-17)22(28)29)18-10-8-7-9-11-18/h7-13,15H,5-6,14,16H2,1-4H3,(H,28,29). The van der Waals surface area contributed by atoms with Crippen molar-refractivity contribution in [2.75, 3.05) is 14.2 Å². The zero-order valence-electron chi connectivity index (χ0n) is 18.5. The van der Waals surface area contributed by atoms with Gasteiger partial charge in [-0.3, -0.25) is 0 Å². The number of rotatable bonds is 10. The van der Waals surface area contributed by atoms with Crippen LogP contribution < -0.4 is 0 Å². The number of carbonyl (C=O) groups is 1. The van der Waals surface area contributed by atoms with Crippen molar-refractivity contribution >= 4 is 5.97 Å². The van der Waals surface area contributed by atoms with Gasteiger partial charge in [-0.2, -0.15) is 5.10 Å². The van der Waals surface area contributed by atoms with Crippen molar-refractivity contribution in [3.05, 3.63) is 71.3 Å². The van der Waals surface area contributed by atoms with Gasteiger partial charge in [0.1, 0.15) is 5.82 Å². The lowest BCUT2D eigenvalue weighted by molar-refractivity contribution is -0.225. The summed E-state index contributed by atoms with van der Waals surface area (Å²) in [5, 5.41) is 14.4. The van der Waals surface area contributed by atoms with Crippen molar-refractivity contribution in [1.29, 1.82) is 0 Å². The normalized spacial score (nSPS) is 11.6. The molecule has 7 nitrogen and oxygen atoms in total. The Morgan fingerprint density at radius 1 is 1.10 bits per heavy atom. The van der Waals surface area contributed by atoms with Crippen molar-refractivity contribution < 1.29 is 19.4 Å². The van der Waals surface area contributed by atoms with Crippen LogP contribution in [0.4, 0.5) is 0 Å². The van der Waals surface area contributed by atoms with Crippen LogP contribution in [0.1, 0.15) is 54.3 Å². The first-order valence-electron chi connectivity index (χ1n) is 10.4. The lowest BCUT2D eigenvalue weighted by Crippen LogP contribution is -2.32. The Morgan fingerprint density at radius 3 is 2.39 bits per heavy atom. The van der Waals surface area contributed by atoms with E-state index in [9.17, 15) is 9.90 Å². The summed E-state index contributed by atoms with van der Waals surface area (Å²) >= 11 is 0. The summed E-state index contributed by atoms with van der Waals surface area (Å²) in [6.45, 7) is 4.67. The monoisotopic (exact) mass is 423 g/mol. The molecule has 0 saturated carbocycles. The molecular weight excluding hydrogens is 394 g/mol. The molecule has 1 aromatic heterocycles. The van der Waals surface area contributed by atoms with Crippen LogP contribution in [0.3, 0.4) is 0 Å². The molecule has 0 atom stereocenters. The maximum absolute atomic E-state index is 11.9. The lowest BCUT2D eigenvalue weighted by atomic mass is 9.96. The minimum atomic E-state index is -0.993. The molecule has 0 aliphatic rings. The molecule has 1 N–H and O–H groups in total. The summed E-state index contributed by atoms with van der Waals surface area (Å²) in [5.74, 6) is -0.738. The number of carboxylic acids is 1. The molecule has 0 fully saturated rings. The minimum absolute atomic E-state index is 0.264. The van der Waals surface area contributed by atoms with Gasteiger partial charge in [0.2, 0.25) is 11.6 Å². The summed E-state index contributed by atoms with van der Waals surface area (Å²) < 4.78 is 13.1. The number of hydrogen-bond donors (Lipinski definition) is 1. The van der Waals surface area contributed by atoms with E-state index in [1.807, 2.05) is 61.0 Å². The summed E-state index contributed by atoms with van der Waals surface area (Å²) in [6.07, 6.45) is 1.93. The molecule has 0 amide bonds. The van der Waals surface area contributed by atoms with Gasteiger partial charge in [-0.05, 0) is 29.7 Å². The molecule has 31 heavy (non-hydrogen) atoms. The fraction of sp³-hybridized carbons (Fsp3) is 0.375. The maximum Gasteiger partial charge on any atom is 0.336 e. The van der Waals surface area contributed by atoms with Gasteiger partial charge in [0.05, 0.1) is 5.56 Å². The highest BCUT2D eigenvalue weighted by molar-refractivity contribution is 5.96.